The summed E-state index contributed by atoms with van der Waals surface area (Å²) < 4.78 is 7.79. The molecule has 1 unspecified atom stereocenters. The summed E-state index contributed by atoms with van der Waals surface area (Å²) in [6, 6.07) is 6.05. The van der Waals surface area contributed by atoms with Gasteiger partial charge in [-0.25, -0.2) is 9.67 Å². The smallest absolute Gasteiger partial charge is 0.165 e. The van der Waals surface area contributed by atoms with Crippen LogP contribution in [-0.4, -0.2) is 21.8 Å². The molecule has 0 saturated carbocycles. The molecule has 0 aliphatic heterocycles. The van der Waals surface area contributed by atoms with Gasteiger partial charge in [-0.1, -0.05) is 11.6 Å². The van der Waals surface area contributed by atoms with Crippen LogP contribution in [0.25, 0.3) is 0 Å². The average molecular weight is 309 g/mol. The summed E-state index contributed by atoms with van der Waals surface area (Å²) in [6.07, 6.45) is 1.55. The van der Waals surface area contributed by atoms with Gasteiger partial charge in [0.2, 0.25) is 0 Å². The normalized spacial score (nSPS) is 12.7. The number of hydrogen-bond acceptors (Lipinski definition) is 4. The highest BCUT2D eigenvalue weighted by molar-refractivity contribution is 6.30. The lowest BCUT2D eigenvalue weighted by atomic mass is 10.1. The lowest BCUT2D eigenvalue weighted by molar-refractivity contribution is 0.277. The Kier molecular flexibility index (Phi) is 5.20. The molecule has 1 aromatic carbocycles. The van der Waals surface area contributed by atoms with Gasteiger partial charge in [0.25, 0.3) is 0 Å². The Morgan fingerprint density at radius 2 is 2.10 bits per heavy atom. The third-order valence-electron chi connectivity index (χ3n) is 3.36. The average Bonchev–Trinajstić information content (AvgIpc) is 2.93. The van der Waals surface area contributed by atoms with Crippen molar-refractivity contribution in [3.63, 3.8) is 0 Å². The van der Waals surface area contributed by atoms with Crippen LogP contribution in [0.5, 0.6) is 5.75 Å². The van der Waals surface area contributed by atoms with E-state index in [0.717, 1.165) is 17.1 Å². The number of aromatic nitrogens is 3. The fourth-order valence-electron chi connectivity index (χ4n) is 2.10. The molecule has 1 N–H and O–H groups in total. The van der Waals surface area contributed by atoms with Gasteiger partial charge in [0.05, 0.1) is 0 Å². The molecule has 5 nitrogen and oxygen atoms in total. The van der Waals surface area contributed by atoms with E-state index in [0.29, 0.717) is 11.6 Å². The fraction of sp³-hybridized carbons (Fsp3) is 0.467. The maximum atomic E-state index is 6.07. The van der Waals surface area contributed by atoms with Gasteiger partial charge < -0.3 is 10.1 Å². The largest absolute Gasteiger partial charge is 0.485 e. The summed E-state index contributed by atoms with van der Waals surface area (Å²) in [7, 11) is 1.91. The predicted molar refractivity (Wildman–Crippen MR) is 83.7 cm³/mol. The molecule has 1 atom stereocenters. The Labute approximate surface area is 130 Å². The third kappa shape index (κ3) is 3.74. The zero-order chi connectivity index (χ0) is 15.4. The molecular weight excluding hydrogens is 288 g/mol. The van der Waals surface area contributed by atoms with Crippen molar-refractivity contribution >= 4 is 11.6 Å². The van der Waals surface area contributed by atoms with Gasteiger partial charge in [-0.05, 0) is 46.0 Å². The Bertz CT molecular complexity index is 597. The fourth-order valence-corrected chi connectivity index (χ4v) is 2.28. The minimum absolute atomic E-state index is 0.154. The van der Waals surface area contributed by atoms with E-state index in [1.54, 1.807) is 6.33 Å². The van der Waals surface area contributed by atoms with Gasteiger partial charge in [0, 0.05) is 22.7 Å². The van der Waals surface area contributed by atoms with Gasteiger partial charge in [-0.15, -0.1) is 0 Å². The molecule has 1 aromatic heterocycles. The zero-order valence-electron chi connectivity index (χ0n) is 12.8. The molecule has 21 heavy (non-hydrogen) atoms. The second kappa shape index (κ2) is 6.91. The van der Waals surface area contributed by atoms with Crippen LogP contribution in [0.2, 0.25) is 5.02 Å². The van der Waals surface area contributed by atoms with E-state index in [-0.39, 0.29) is 12.1 Å². The molecule has 0 amide bonds. The number of halogens is 1. The first kappa shape index (κ1) is 15.8. The molecule has 2 aromatic rings. The molecule has 0 spiro atoms. The standard InChI is InChI=1S/C15H21ClN4O/c1-10(2)20-15(18-9-19-20)8-21-14-6-5-12(16)7-13(14)11(3)17-4/h5-7,9-11,17H,8H2,1-4H3. The molecule has 0 aliphatic rings. The molecule has 0 fully saturated rings. The van der Waals surface area contributed by atoms with E-state index in [2.05, 4.69) is 36.2 Å². The predicted octanol–water partition coefficient (Wildman–Crippen LogP) is 3.37. The number of hydrogen-bond donors (Lipinski definition) is 1. The van der Waals surface area contributed by atoms with Crippen LogP contribution in [0.3, 0.4) is 0 Å². The van der Waals surface area contributed by atoms with Crippen LogP contribution in [-0.2, 0) is 6.61 Å². The topological polar surface area (TPSA) is 52.0 Å². The van der Waals surface area contributed by atoms with E-state index in [1.807, 2.05) is 29.9 Å². The third-order valence-corrected chi connectivity index (χ3v) is 3.60. The summed E-state index contributed by atoms with van der Waals surface area (Å²) in [6.45, 7) is 6.57. The van der Waals surface area contributed by atoms with Gasteiger partial charge >= 0.3 is 0 Å². The van der Waals surface area contributed by atoms with Crippen LogP contribution in [0, 0.1) is 0 Å². The quantitative estimate of drug-likeness (QED) is 0.889. The molecule has 6 heteroatoms. The molecule has 2 rings (SSSR count). The summed E-state index contributed by atoms with van der Waals surface area (Å²) >= 11 is 6.07. The van der Waals surface area contributed by atoms with E-state index < -0.39 is 0 Å². The lowest BCUT2D eigenvalue weighted by Gasteiger charge is -2.17. The molecule has 0 radical (unpaired) electrons. The Balaban J connectivity index is 2.18. The highest BCUT2D eigenvalue weighted by Gasteiger charge is 2.13. The molecule has 1 heterocycles. The number of ether oxygens (including phenoxy) is 1. The SMILES string of the molecule is CNC(C)c1cc(Cl)ccc1OCc1ncnn1C(C)C. The van der Waals surface area contributed by atoms with Crippen molar-refractivity contribution in [2.45, 2.75) is 39.5 Å². The van der Waals surface area contributed by atoms with Gasteiger partial charge in [0.15, 0.2) is 5.82 Å². The highest BCUT2D eigenvalue weighted by atomic mass is 35.5. The van der Waals surface area contributed by atoms with Crippen LogP contribution < -0.4 is 10.1 Å². The number of rotatable bonds is 6. The first-order valence-electron chi connectivity index (χ1n) is 7.00. The number of nitrogens with zero attached hydrogens (tertiary/aromatic N) is 3. The van der Waals surface area contributed by atoms with Crippen molar-refractivity contribution in [1.29, 1.82) is 0 Å². The van der Waals surface area contributed by atoms with Crippen LogP contribution in [0.1, 0.15) is 44.2 Å². The molecule has 114 valence electrons. The molecule has 0 bridgehead atoms. The lowest BCUT2D eigenvalue weighted by Crippen LogP contribution is -2.15. The minimum atomic E-state index is 0.154. The first-order chi connectivity index (χ1) is 10.0. The number of benzene rings is 1. The van der Waals surface area contributed by atoms with Crippen molar-refractivity contribution in [1.82, 2.24) is 20.1 Å². The van der Waals surface area contributed by atoms with Gasteiger partial charge in [0.1, 0.15) is 18.7 Å². The van der Waals surface area contributed by atoms with E-state index in [4.69, 9.17) is 16.3 Å². The van der Waals surface area contributed by atoms with Gasteiger partial charge in [-0.2, -0.15) is 5.10 Å². The summed E-state index contributed by atoms with van der Waals surface area (Å²) in [5, 5.41) is 8.11. The van der Waals surface area contributed by atoms with Crippen molar-refractivity contribution in [2.75, 3.05) is 7.05 Å². The second-order valence-electron chi connectivity index (χ2n) is 5.20. The van der Waals surface area contributed by atoms with Gasteiger partial charge in [-0.3, -0.25) is 0 Å². The van der Waals surface area contributed by atoms with E-state index in [1.165, 1.54) is 0 Å². The van der Waals surface area contributed by atoms with Crippen LogP contribution in [0.15, 0.2) is 24.5 Å². The van der Waals surface area contributed by atoms with Crippen molar-refractivity contribution in [3.8, 4) is 5.75 Å². The van der Waals surface area contributed by atoms with E-state index >= 15 is 0 Å². The zero-order valence-corrected chi connectivity index (χ0v) is 13.6. The molecule has 0 saturated heterocycles. The Morgan fingerprint density at radius 3 is 2.76 bits per heavy atom. The van der Waals surface area contributed by atoms with Crippen LogP contribution in [0.4, 0.5) is 0 Å². The first-order valence-corrected chi connectivity index (χ1v) is 7.38. The summed E-state index contributed by atoms with van der Waals surface area (Å²) in [4.78, 5) is 4.25. The van der Waals surface area contributed by atoms with Crippen molar-refractivity contribution in [3.05, 3.63) is 40.9 Å². The maximum absolute atomic E-state index is 6.07. The Morgan fingerprint density at radius 1 is 1.33 bits per heavy atom. The van der Waals surface area contributed by atoms with Crippen molar-refractivity contribution in [2.24, 2.45) is 0 Å². The monoisotopic (exact) mass is 308 g/mol. The van der Waals surface area contributed by atoms with Crippen LogP contribution >= 0.6 is 11.6 Å². The van der Waals surface area contributed by atoms with E-state index in [9.17, 15) is 0 Å². The summed E-state index contributed by atoms with van der Waals surface area (Å²) in [5.74, 6) is 1.61. The molecular formula is C15H21ClN4O. The summed E-state index contributed by atoms with van der Waals surface area (Å²) in [5.41, 5.74) is 1.03. The number of nitrogens with one attached hydrogen (secondary N) is 1. The van der Waals surface area contributed by atoms with Crippen molar-refractivity contribution < 1.29 is 4.74 Å². The Hall–Kier alpha value is -1.59. The minimum Gasteiger partial charge on any atom is -0.485 e. The maximum Gasteiger partial charge on any atom is 0.165 e. The highest BCUT2D eigenvalue weighted by Crippen LogP contribution is 2.28. The second-order valence-corrected chi connectivity index (χ2v) is 5.63. The molecule has 0 aliphatic carbocycles.